The number of hydrogen-bond donors (Lipinski definition) is 1. The second kappa shape index (κ2) is 5.25. The standard InChI is InChI=1S/C10H13FOS/c1-2-6-13-10-8(7-12)4-3-5-9(10)11/h3-5,12H,2,6-7H2,1H3. The fraction of sp³-hybridized carbons (Fsp3) is 0.400. The largest absolute Gasteiger partial charge is 0.392 e. The fourth-order valence-electron chi connectivity index (χ4n) is 1.04. The predicted octanol–water partition coefficient (Wildman–Crippen LogP) is 2.82. The molecule has 0 aliphatic heterocycles. The Morgan fingerprint density at radius 1 is 1.46 bits per heavy atom. The monoisotopic (exact) mass is 200 g/mol. The first-order valence-electron chi connectivity index (χ1n) is 4.30. The van der Waals surface area contributed by atoms with Crippen LogP contribution in [0.25, 0.3) is 0 Å². The molecule has 0 amide bonds. The Morgan fingerprint density at radius 3 is 2.85 bits per heavy atom. The summed E-state index contributed by atoms with van der Waals surface area (Å²) in [5, 5.41) is 8.96. The summed E-state index contributed by atoms with van der Waals surface area (Å²) in [5.41, 5.74) is 0.679. The van der Waals surface area contributed by atoms with Crippen LogP contribution < -0.4 is 0 Å². The quantitative estimate of drug-likeness (QED) is 0.754. The lowest BCUT2D eigenvalue weighted by atomic mass is 10.2. The van der Waals surface area contributed by atoms with Crippen LogP contribution >= 0.6 is 11.8 Å². The van der Waals surface area contributed by atoms with E-state index in [4.69, 9.17) is 5.11 Å². The van der Waals surface area contributed by atoms with Crippen LogP contribution in [0.5, 0.6) is 0 Å². The van der Waals surface area contributed by atoms with E-state index < -0.39 is 0 Å². The van der Waals surface area contributed by atoms with E-state index in [0.717, 1.165) is 12.2 Å². The van der Waals surface area contributed by atoms with Gasteiger partial charge in [-0.05, 0) is 23.8 Å². The van der Waals surface area contributed by atoms with Gasteiger partial charge in [-0.15, -0.1) is 11.8 Å². The van der Waals surface area contributed by atoms with Crippen molar-refractivity contribution in [3.8, 4) is 0 Å². The average Bonchev–Trinajstić information content (AvgIpc) is 2.15. The fourth-order valence-corrected chi connectivity index (χ4v) is 1.98. The lowest BCUT2D eigenvalue weighted by Gasteiger charge is -2.06. The van der Waals surface area contributed by atoms with Gasteiger partial charge in [-0.3, -0.25) is 0 Å². The predicted molar refractivity (Wildman–Crippen MR) is 53.3 cm³/mol. The van der Waals surface area contributed by atoms with Crippen LogP contribution in [-0.4, -0.2) is 10.9 Å². The van der Waals surface area contributed by atoms with E-state index in [1.54, 1.807) is 12.1 Å². The molecule has 0 atom stereocenters. The molecule has 1 N–H and O–H groups in total. The molecule has 0 saturated heterocycles. The average molecular weight is 200 g/mol. The van der Waals surface area contributed by atoms with Crippen LogP contribution in [0.3, 0.4) is 0 Å². The Labute approximate surface area is 82.0 Å². The minimum absolute atomic E-state index is 0.0934. The molecule has 1 aromatic carbocycles. The summed E-state index contributed by atoms with van der Waals surface area (Å²) < 4.78 is 13.2. The van der Waals surface area contributed by atoms with Gasteiger partial charge in [0.2, 0.25) is 0 Å². The van der Waals surface area contributed by atoms with Gasteiger partial charge in [-0.1, -0.05) is 19.1 Å². The van der Waals surface area contributed by atoms with Gasteiger partial charge in [0, 0.05) is 4.90 Å². The molecule has 72 valence electrons. The van der Waals surface area contributed by atoms with Crippen molar-refractivity contribution < 1.29 is 9.50 Å². The van der Waals surface area contributed by atoms with Gasteiger partial charge in [0.15, 0.2) is 0 Å². The molecular weight excluding hydrogens is 187 g/mol. The zero-order valence-electron chi connectivity index (χ0n) is 7.59. The molecule has 0 heterocycles. The Balaban J connectivity index is 2.87. The smallest absolute Gasteiger partial charge is 0.137 e. The molecule has 0 bridgehead atoms. The van der Waals surface area contributed by atoms with Crippen molar-refractivity contribution in [2.45, 2.75) is 24.8 Å². The summed E-state index contributed by atoms with van der Waals surface area (Å²) in [6.45, 7) is 1.95. The number of rotatable bonds is 4. The van der Waals surface area contributed by atoms with E-state index in [1.165, 1.54) is 17.8 Å². The maximum atomic E-state index is 13.2. The van der Waals surface area contributed by atoms with Crippen molar-refractivity contribution in [1.29, 1.82) is 0 Å². The number of aliphatic hydroxyl groups is 1. The lowest BCUT2D eigenvalue weighted by Crippen LogP contribution is -1.92. The Kier molecular flexibility index (Phi) is 4.25. The topological polar surface area (TPSA) is 20.2 Å². The van der Waals surface area contributed by atoms with E-state index in [1.807, 2.05) is 6.92 Å². The molecular formula is C10H13FOS. The Morgan fingerprint density at radius 2 is 2.23 bits per heavy atom. The second-order valence-corrected chi connectivity index (χ2v) is 3.84. The van der Waals surface area contributed by atoms with E-state index in [2.05, 4.69) is 0 Å². The second-order valence-electron chi connectivity index (χ2n) is 2.73. The molecule has 0 aliphatic carbocycles. The highest BCUT2D eigenvalue weighted by Gasteiger charge is 2.06. The van der Waals surface area contributed by atoms with Gasteiger partial charge in [0.25, 0.3) is 0 Å². The third kappa shape index (κ3) is 2.71. The third-order valence-corrected chi connectivity index (χ3v) is 3.03. The van der Waals surface area contributed by atoms with Crippen LogP contribution in [0.15, 0.2) is 23.1 Å². The first-order chi connectivity index (χ1) is 6.29. The van der Waals surface area contributed by atoms with Gasteiger partial charge in [0.1, 0.15) is 5.82 Å². The normalized spacial score (nSPS) is 10.4. The number of thioether (sulfide) groups is 1. The summed E-state index contributed by atoms with van der Waals surface area (Å²) in [5.74, 6) is 0.651. The molecule has 0 saturated carbocycles. The Bertz CT molecular complexity index is 276. The van der Waals surface area contributed by atoms with Gasteiger partial charge in [-0.25, -0.2) is 4.39 Å². The minimum atomic E-state index is -0.231. The van der Waals surface area contributed by atoms with Crippen LogP contribution in [-0.2, 0) is 6.61 Å². The summed E-state index contributed by atoms with van der Waals surface area (Å²) in [7, 11) is 0. The van der Waals surface area contributed by atoms with E-state index in [9.17, 15) is 4.39 Å². The molecule has 1 aromatic rings. The highest BCUT2D eigenvalue weighted by atomic mass is 32.2. The summed E-state index contributed by atoms with van der Waals surface area (Å²) in [6.07, 6.45) is 1.00. The van der Waals surface area contributed by atoms with E-state index in [0.29, 0.717) is 10.5 Å². The van der Waals surface area contributed by atoms with Crippen molar-refractivity contribution in [3.63, 3.8) is 0 Å². The first-order valence-corrected chi connectivity index (χ1v) is 5.29. The summed E-state index contributed by atoms with van der Waals surface area (Å²) >= 11 is 1.46. The molecule has 3 heteroatoms. The van der Waals surface area contributed by atoms with Gasteiger partial charge >= 0.3 is 0 Å². The van der Waals surface area contributed by atoms with Crippen molar-refractivity contribution in [2.24, 2.45) is 0 Å². The molecule has 0 fully saturated rings. The Hall–Kier alpha value is -0.540. The van der Waals surface area contributed by atoms with Crippen LogP contribution in [0, 0.1) is 5.82 Å². The van der Waals surface area contributed by atoms with Crippen LogP contribution in [0.1, 0.15) is 18.9 Å². The van der Waals surface area contributed by atoms with Gasteiger partial charge in [0.05, 0.1) is 6.61 Å². The van der Waals surface area contributed by atoms with Gasteiger partial charge in [-0.2, -0.15) is 0 Å². The number of aliphatic hydroxyl groups excluding tert-OH is 1. The zero-order valence-corrected chi connectivity index (χ0v) is 8.40. The lowest BCUT2D eigenvalue weighted by molar-refractivity contribution is 0.277. The molecule has 0 aromatic heterocycles. The third-order valence-electron chi connectivity index (χ3n) is 1.67. The molecule has 0 radical (unpaired) electrons. The van der Waals surface area contributed by atoms with Crippen LogP contribution in [0.4, 0.5) is 4.39 Å². The number of halogens is 1. The molecule has 1 nitrogen and oxygen atoms in total. The zero-order chi connectivity index (χ0) is 9.68. The molecule has 0 unspecified atom stereocenters. The SMILES string of the molecule is CCCSc1c(F)cccc1CO. The molecule has 0 spiro atoms. The minimum Gasteiger partial charge on any atom is -0.392 e. The highest BCUT2D eigenvalue weighted by molar-refractivity contribution is 7.99. The van der Waals surface area contributed by atoms with Gasteiger partial charge < -0.3 is 5.11 Å². The van der Waals surface area contributed by atoms with Crippen molar-refractivity contribution >= 4 is 11.8 Å². The van der Waals surface area contributed by atoms with Crippen molar-refractivity contribution in [1.82, 2.24) is 0 Å². The van der Waals surface area contributed by atoms with Crippen molar-refractivity contribution in [3.05, 3.63) is 29.6 Å². The highest BCUT2D eigenvalue weighted by Crippen LogP contribution is 2.26. The molecule has 1 rings (SSSR count). The molecule has 0 aliphatic rings. The van der Waals surface area contributed by atoms with E-state index >= 15 is 0 Å². The summed E-state index contributed by atoms with van der Waals surface area (Å²) in [6, 6.07) is 4.80. The summed E-state index contributed by atoms with van der Waals surface area (Å²) in [4.78, 5) is 0.590. The number of hydrogen-bond acceptors (Lipinski definition) is 2. The number of benzene rings is 1. The maximum Gasteiger partial charge on any atom is 0.137 e. The van der Waals surface area contributed by atoms with Crippen molar-refractivity contribution in [2.75, 3.05) is 5.75 Å². The molecule has 13 heavy (non-hydrogen) atoms. The first kappa shape index (κ1) is 10.5. The maximum absolute atomic E-state index is 13.2. The van der Waals surface area contributed by atoms with E-state index in [-0.39, 0.29) is 12.4 Å². The van der Waals surface area contributed by atoms with Crippen LogP contribution in [0.2, 0.25) is 0 Å².